The molecule has 0 unspecified atom stereocenters. The number of hydrogen-bond donors (Lipinski definition) is 1. The van der Waals surface area contributed by atoms with Gasteiger partial charge in [0.1, 0.15) is 0 Å². The van der Waals surface area contributed by atoms with E-state index in [-0.39, 0.29) is 12.6 Å². The number of unbranched alkanes of at least 4 members (excludes halogenated alkanes) is 1. The zero-order valence-corrected chi connectivity index (χ0v) is 8.92. The maximum atomic E-state index is 11.7. The van der Waals surface area contributed by atoms with Gasteiger partial charge in [0.05, 0.1) is 18.6 Å². The van der Waals surface area contributed by atoms with Crippen LogP contribution in [0.15, 0.2) is 0 Å². The fraction of sp³-hybridized carbons (Fsp3) is 0.909. The zero-order valence-electron chi connectivity index (χ0n) is 8.92. The molecule has 0 spiro atoms. The third-order valence-electron chi connectivity index (χ3n) is 3.03. The van der Waals surface area contributed by atoms with Crippen LogP contribution in [0.25, 0.3) is 0 Å². The number of carbonyl (C=O) groups excluding carboxylic acids is 1. The lowest BCUT2D eigenvalue weighted by atomic mass is 9.87. The summed E-state index contributed by atoms with van der Waals surface area (Å²) in [6.07, 6.45) is 5.57. The average molecular weight is 200 g/mol. The van der Waals surface area contributed by atoms with Gasteiger partial charge >= 0.3 is 5.97 Å². The summed E-state index contributed by atoms with van der Waals surface area (Å²) < 4.78 is 5.16. The minimum atomic E-state index is -0.562. The maximum absolute atomic E-state index is 11.7. The Morgan fingerprint density at radius 2 is 2.07 bits per heavy atom. The fourth-order valence-corrected chi connectivity index (χ4v) is 1.94. The Balaban J connectivity index is 2.40. The molecular formula is C11H20O3. The molecule has 82 valence electrons. The van der Waals surface area contributed by atoms with Gasteiger partial charge in [-0.3, -0.25) is 4.79 Å². The van der Waals surface area contributed by atoms with Crippen molar-refractivity contribution < 1.29 is 14.6 Å². The van der Waals surface area contributed by atoms with E-state index in [0.29, 0.717) is 6.61 Å². The normalized spacial score (nSPS) is 19.6. The third-order valence-corrected chi connectivity index (χ3v) is 3.03. The Bertz CT molecular complexity index is 183. The van der Waals surface area contributed by atoms with E-state index in [1.807, 2.05) is 0 Å². The monoisotopic (exact) mass is 200 g/mol. The van der Waals surface area contributed by atoms with E-state index in [0.717, 1.165) is 38.5 Å². The highest BCUT2D eigenvalue weighted by Crippen LogP contribution is 2.38. The van der Waals surface area contributed by atoms with Crippen molar-refractivity contribution >= 4 is 5.97 Å². The van der Waals surface area contributed by atoms with Gasteiger partial charge in [-0.25, -0.2) is 0 Å². The van der Waals surface area contributed by atoms with E-state index in [1.165, 1.54) is 0 Å². The van der Waals surface area contributed by atoms with Crippen LogP contribution < -0.4 is 0 Å². The Kier molecular flexibility index (Phi) is 4.39. The number of carbonyl (C=O) groups is 1. The largest absolute Gasteiger partial charge is 0.465 e. The van der Waals surface area contributed by atoms with Gasteiger partial charge < -0.3 is 9.84 Å². The van der Waals surface area contributed by atoms with Gasteiger partial charge in [-0.15, -0.1) is 0 Å². The topological polar surface area (TPSA) is 46.5 Å². The van der Waals surface area contributed by atoms with E-state index in [4.69, 9.17) is 4.74 Å². The molecule has 0 heterocycles. The van der Waals surface area contributed by atoms with Crippen molar-refractivity contribution in [2.75, 3.05) is 13.2 Å². The van der Waals surface area contributed by atoms with Crippen LogP contribution in [0.3, 0.4) is 0 Å². The molecular weight excluding hydrogens is 180 g/mol. The summed E-state index contributed by atoms with van der Waals surface area (Å²) in [6.45, 7) is 2.50. The number of ether oxygens (including phenoxy) is 1. The number of aliphatic hydroxyl groups is 1. The molecule has 0 aromatic carbocycles. The lowest BCUT2D eigenvalue weighted by Crippen LogP contribution is -2.34. The molecule has 0 amide bonds. The van der Waals surface area contributed by atoms with E-state index in [1.54, 1.807) is 0 Å². The molecule has 1 saturated carbocycles. The lowest BCUT2D eigenvalue weighted by Gasteiger charge is -2.23. The van der Waals surface area contributed by atoms with Crippen LogP contribution in [0, 0.1) is 5.41 Å². The maximum Gasteiger partial charge on any atom is 0.314 e. The first-order chi connectivity index (χ1) is 6.75. The van der Waals surface area contributed by atoms with Crippen molar-refractivity contribution in [1.29, 1.82) is 0 Å². The second-order valence-corrected chi connectivity index (χ2v) is 4.14. The van der Waals surface area contributed by atoms with Crippen molar-refractivity contribution in [2.45, 2.75) is 45.4 Å². The summed E-state index contributed by atoms with van der Waals surface area (Å²) in [6, 6.07) is 0. The minimum Gasteiger partial charge on any atom is -0.465 e. The first kappa shape index (κ1) is 11.5. The van der Waals surface area contributed by atoms with Gasteiger partial charge in [0.25, 0.3) is 0 Å². The first-order valence-corrected chi connectivity index (χ1v) is 5.53. The molecule has 1 N–H and O–H groups in total. The van der Waals surface area contributed by atoms with Crippen LogP contribution in [0.5, 0.6) is 0 Å². The highest BCUT2D eigenvalue weighted by atomic mass is 16.5. The highest BCUT2D eigenvalue weighted by molar-refractivity contribution is 5.77. The zero-order chi connectivity index (χ0) is 10.4. The SMILES string of the molecule is CCCCOC(=O)C1(CO)CCCC1. The molecule has 0 radical (unpaired) electrons. The number of hydrogen-bond acceptors (Lipinski definition) is 3. The Morgan fingerprint density at radius 3 is 2.57 bits per heavy atom. The predicted octanol–water partition coefficient (Wildman–Crippen LogP) is 1.88. The van der Waals surface area contributed by atoms with Gasteiger partial charge in [0.15, 0.2) is 0 Å². The van der Waals surface area contributed by atoms with Gasteiger partial charge in [0.2, 0.25) is 0 Å². The lowest BCUT2D eigenvalue weighted by molar-refractivity contribution is -0.158. The Hall–Kier alpha value is -0.570. The Morgan fingerprint density at radius 1 is 1.43 bits per heavy atom. The summed E-state index contributed by atoms with van der Waals surface area (Å²) in [5.41, 5.74) is -0.562. The van der Waals surface area contributed by atoms with Crippen LogP contribution >= 0.6 is 0 Å². The van der Waals surface area contributed by atoms with E-state index < -0.39 is 5.41 Å². The quantitative estimate of drug-likeness (QED) is 0.544. The molecule has 0 aromatic rings. The highest BCUT2D eigenvalue weighted by Gasteiger charge is 2.41. The molecule has 0 bridgehead atoms. The van der Waals surface area contributed by atoms with E-state index >= 15 is 0 Å². The second-order valence-electron chi connectivity index (χ2n) is 4.14. The third kappa shape index (κ3) is 2.47. The fourth-order valence-electron chi connectivity index (χ4n) is 1.94. The standard InChI is InChI=1S/C11H20O3/c1-2-3-8-14-10(13)11(9-12)6-4-5-7-11/h12H,2-9H2,1H3. The van der Waals surface area contributed by atoms with Crippen LogP contribution in [0.1, 0.15) is 45.4 Å². The predicted molar refractivity (Wildman–Crippen MR) is 53.9 cm³/mol. The first-order valence-electron chi connectivity index (χ1n) is 5.53. The molecule has 0 atom stereocenters. The van der Waals surface area contributed by atoms with Crippen LogP contribution in [-0.4, -0.2) is 24.3 Å². The van der Waals surface area contributed by atoms with E-state index in [9.17, 15) is 9.90 Å². The number of aliphatic hydroxyl groups excluding tert-OH is 1. The van der Waals surface area contributed by atoms with Gasteiger partial charge in [0, 0.05) is 0 Å². The molecule has 1 rings (SSSR count). The molecule has 3 nitrogen and oxygen atoms in total. The molecule has 0 saturated heterocycles. The van der Waals surface area contributed by atoms with Crippen molar-refractivity contribution in [3.05, 3.63) is 0 Å². The summed E-state index contributed by atoms with van der Waals surface area (Å²) in [4.78, 5) is 11.7. The summed E-state index contributed by atoms with van der Waals surface area (Å²) in [7, 11) is 0. The van der Waals surface area contributed by atoms with Gasteiger partial charge in [-0.05, 0) is 19.3 Å². The summed E-state index contributed by atoms with van der Waals surface area (Å²) in [5, 5.41) is 9.24. The molecule has 14 heavy (non-hydrogen) atoms. The van der Waals surface area contributed by atoms with Crippen molar-refractivity contribution in [3.8, 4) is 0 Å². The number of rotatable bonds is 5. The van der Waals surface area contributed by atoms with Crippen LogP contribution in [0.2, 0.25) is 0 Å². The molecule has 3 heteroatoms. The van der Waals surface area contributed by atoms with Crippen LogP contribution in [0.4, 0.5) is 0 Å². The van der Waals surface area contributed by atoms with E-state index in [2.05, 4.69) is 6.92 Å². The van der Waals surface area contributed by atoms with Gasteiger partial charge in [-0.2, -0.15) is 0 Å². The summed E-state index contributed by atoms with van der Waals surface area (Å²) in [5.74, 6) is -0.189. The van der Waals surface area contributed by atoms with Gasteiger partial charge in [-0.1, -0.05) is 26.2 Å². The van der Waals surface area contributed by atoms with Crippen molar-refractivity contribution in [3.63, 3.8) is 0 Å². The molecule has 1 fully saturated rings. The van der Waals surface area contributed by atoms with Crippen molar-refractivity contribution in [2.24, 2.45) is 5.41 Å². The second kappa shape index (κ2) is 5.35. The Labute approximate surface area is 85.5 Å². The summed E-state index contributed by atoms with van der Waals surface area (Å²) >= 11 is 0. The molecule has 1 aliphatic carbocycles. The number of esters is 1. The average Bonchev–Trinajstić information content (AvgIpc) is 2.67. The smallest absolute Gasteiger partial charge is 0.314 e. The van der Waals surface area contributed by atoms with Crippen LogP contribution in [-0.2, 0) is 9.53 Å². The molecule has 1 aliphatic rings. The molecule has 0 aromatic heterocycles. The minimum absolute atomic E-state index is 0.0576. The van der Waals surface area contributed by atoms with Crippen molar-refractivity contribution in [1.82, 2.24) is 0 Å². The molecule has 0 aliphatic heterocycles.